The van der Waals surface area contributed by atoms with Crippen LogP contribution in [0.1, 0.15) is 99.4 Å². The predicted molar refractivity (Wildman–Crippen MR) is 157 cm³/mol. The number of fused-ring (bicyclic) bond motifs is 4. The number of ether oxygens (including phenoxy) is 4. The van der Waals surface area contributed by atoms with Crippen LogP contribution in [0.3, 0.4) is 0 Å². The molecule has 7 rings (SSSR count). The molecule has 0 aromatic heterocycles. The second-order valence-electron chi connectivity index (χ2n) is 14.0. The Kier molecular flexibility index (Phi) is 7.52. The molecule has 0 bridgehead atoms. The smallest absolute Gasteiger partial charge is 0.171 e. The van der Waals surface area contributed by atoms with Gasteiger partial charge in [-0.25, -0.2) is 0 Å². The summed E-state index contributed by atoms with van der Waals surface area (Å²) in [6, 6.07) is 7.94. The molecule has 2 aliphatic heterocycles. The highest BCUT2D eigenvalue weighted by molar-refractivity contribution is 5.74. The molecule has 42 heavy (non-hydrogen) atoms. The third kappa shape index (κ3) is 4.76. The second-order valence-corrected chi connectivity index (χ2v) is 14.0. The van der Waals surface area contributed by atoms with Crippen molar-refractivity contribution in [1.82, 2.24) is 0 Å². The van der Waals surface area contributed by atoms with Crippen LogP contribution in [0.25, 0.3) is 0 Å². The number of aldehydes is 1. The molecule has 2 heterocycles. The highest BCUT2D eigenvalue weighted by Gasteiger charge is 2.64. The number of hydrogen-bond donors (Lipinski definition) is 2. The van der Waals surface area contributed by atoms with Crippen molar-refractivity contribution >= 4 is 6.29 Å². The summed E-state index contributed by atoms with van der Waals surface area (Å²) in [5.74, 6) is 0.00729. The molecule has 6 aliphatic rings. The van der Waals surface area contributed by atoms with Crippen LogP contribution in [0, 0.1) is 17.3 Å². The number of rotatable bonds is 6. The third-order valence-corrected chi connectivity index (χ3v) is 11.8. The molecule has 4 aliphatic carbocycles. The minimum Gasteiger partial charge on any atom is -0.385 e. The summed E-state index contributed by atoms with van der Waals surface area (Å²) in [6.45, 7) is 4.64. The molecule has 2 saturated heterocycles. The Hall–Kier alpha value is -1.87. The van der Waals surface area contributed by atoms with Crippen molar-refractivity contribution in [2.45, 2.75) is 107 Å². The maximum atomic E-state index is 12.3. The van der Waals surface area contributed by atoms with Crippen molar-refractivity contribution in [2.24, 2.45) is 17.3 Å². The zero-order valence-electron chi connectivity index (χ0n) is 24.9. The van der Waals surface area contributed by atoms with Crippen LogP contribution in [-0.4, -0.2) is 66.2 Å². The second kappa shape index (κ2) is 10.9. The lowest BCUT2D eigenvalue weighted by molar-refractivity contribution is -0.208. The number of carbonyl (C=O) groups excluding carboxylic acids is 1. The van der Waals surface area contributed by atoms with E-state index in [4.69, 9.17) is 18.9 Å². The van der Waals surface area contributed by atoms with Crippen LogP contribution in [-0.2, 0) is 18.9 Å². The van der Waals surface area contributed by atoms with Gasteiger partial charge in [0.2, 0.25) is 0 Å². The Morgan fingerprint density at radius 3 is 2.55 bits per heavy atom. The normalized spacial score (nSPS) is 41.1. The van der Waals surface area contributed by atoms with E-state index in [9.17, 15) is 15.0 Å². The Balaban J connectivity index is 1.22. The summed E-state index contributed by atoms with van der Waals surface area (Å²) in [5, 5.41) is 24.5. The van der Waals surface area contributed by atoms with Gasteiger partial charge < -0.3 is 29.2 Å². The highest BCUT2D eigenvalue weighted by atomic mass is 16.7. The number of benzene rings is 1. The fourth-order valence-corrected chi connectivity index (χ4v) is 9.68. The summed E-state index contributed by atoms with van der Waals surface area (Å²) in [7, 11) is 0. The SMILES string of the molecule is C[C@]12C[C@H](c3ccc(C=O)cc3)C3=C4CCC5(C[C@]4(O)CCC3C1CC[C@@]2(O)C=CCOC1CCCCO1)OCCO5. The Labute approximate surface area is 249 Å². The van der Waals surface area contributed by atoms with E-state index >= 15 is 0 Å². The minimum absolute atomic E-state index is 0.0585. The average molecular weight is 579 g/mol. The molecular weight excluding hydrogens is 532 g/mol. The van der Waals surface area contributed by atoms with Crippen LogP contribution in [0.15, 0.2) is 47.6 Å². The highest BCUT2D eigenvalue weighted by Crippen LogP contribution is 2.68. The molecule has 7 atom stereocenters. The summed E-state index contributed by atoms with van der Waals surface area (Å²) in [4.78, 5) is 11.5. The third-order valence-electron chi connectivity index (χ3n) is 11.8. The monoisotopic (exact) mass is 578 g/mol. The van der Waals surface area contributed by atoms with E-state index in [2.05, 4.69) is 19.1 Å². The van der Waals surface area contributed by atoms with E-state index in [1.807, 2.05) is 24.3 Å². The van der Waals surface area contributed by atoms with Crippen LogP contribution in [0.5, 0.6) is 0 Å². The molecule has 0 radical (unpaired) electrons. The van der Waals surface area contributed by atoms with Crippen LogP contribution in [0.4, 0.5) is 0 Å². The van der Waals surface area contributed by atoms with Crippen molar-refractivity contribution in [3.05, 3.63) is 58.7 Å². The van der Waals surface area contributed by atoms with Crippen molar-refractivity contribution in [3.8, 4) is 0 Å². The standard InChI is InChI=1S/C35H46O7/c1-32-21-27(25-8-6-24(22-36)7-9-25)31-26(10-14-33(37)23-35(16-12-29(31)33)41-19-20-42-35)28(32)11-15-34(32,38)13-4-18-40-30-5-2-3-17-39-30/h4,6-9,13,22,26-28,30,37-38H,2-3,5,10-12,14-21,23H2,1H3/t26?,27-,28?,30?,32+,33-,34+/m1/s1. The molecule has 7 nitrogen and oxygen atoms in total. The molecule has 3 unspecified atom stereocenters. The summed E-state index contributed by atoms with van der Waals surface area (Å²) in [5.41, 5.74) is 2.16. The van der Waals surface area contributed by atoms with Crippen LogP contribution in [0.2, 0.25) is 0 Å². The van der Waals surface area contributed by atoms with E-state index in [1.54, 1.807) is 0 Å². The summed E-state index contributed by atoms with van der Waals surface area (Å²) >= 11 is 0. The molecule has 0 amide bonds. The van der Waals surface area contributed by atoms with Crippen LogP contribution >= 0.6 is 0 Å². The molecule has 2 N–H and O–H groups in total. The largest absolute Gasteiger partial charge is 0.385 e. The zero-order valence-corrected chi connectivity index (χ0v) is 24.9. The zero-order chi connectivity index (χ0) is 29.0. The number of allylic oxidation sites excluding steroid dienone is 1. The van der Waals surface area contributed by atoms with Crippen LogP contribution < -0.4 is 0 Å². The molecule has 228 valence electrons. The summed E-state index contributed by atoms with van der Waals surface area (Å²) in [6.07, 6.45) is 13.9. The molecule has 1 aromatic carbocycles. The molecule has 1 spiro atoms. The first-order valence-electron chi connectivity index (χ1n) is 16.2. The van der Waals surface area contributed by atoms with Gasteiger partial charge in [-0.3, -0.25) is 4.79 Å². The van der Waals surface area contributed by atoms with E-state index in [-0.39, 0.29) is 17.6 Å². The van der Waals surface area contributed by atoms with Crippen molar-refractivity contribution < 1.29 is 34.0 Å². The van der Waals surface area contributed by atoms with Gasteiger partial charge in [0.15, 0.2) is 12.1 Å². The van der Waals surface area contributed by atoms with Gasteiger partial charge in [-0.1, -0.05) is 48.9 Å². The average Bonchev–Trinajstić information content (AvgIpc) is 3.56. The first-order chi connectivity index (χ1) is 20.3. The Morgan fingerprint density at radius 1 is 1.00 bits per heavy atom. The molecule has 7 heteroatoms. The summed E-state index contributed by atoms with van der Waals surface area (Å²) < 4.78 is 23.8. The first kappa shape index (κ1) is 28.9. The Bertz CT molecular complexity index is 1230. The molecule has 3 saturated carbocycles. The van der Waals surface area contributed by atoms with Crippen molar-refractivity contribution in [3.63, 3.8) is 0 Å². The predicted octanol–water partition coefficient (Wildman–Crippen LogP) is 5.60. The van der Waals surface area contributed by atoms with E-state index in [0.29, 0.717) is 50.1 Å². The fraction of sp³-hybridized carbons (Fsp3) is 0.686. The quantitative estimate of drug-likeness (QED) is 0.335. The lowest BCUT2D eigenvalue weighted by Crippen LogP contribution is -2.55. The van der Waals surface area contributed by atoms with Gasteiger partial charge in [0.05, 0.1) is 31.0 Å². The maximum Gasteiger partial charge on any atom is 0.171 e. The molecule has 5 fully saturated rings. The van der Waals surface area contributed by atoms with Gasteiger partial charge in [0.25, 0.3) is 0 Å². The van der Waals surface area contributed by atoms with Gasteiger partial charge in [-0.05, 0) is 80.8 Å². The number of carbonyl (C=O) groups is 1. The van der Waals surface area contributed by atoms with Gasteiger partial charge in [0.1, 0.15) is 6.29 Å². The lowest BCUT2D eigenvalue weighted by atomic mass is 9.49. The number of aliphatic hydroxyl groups is 2. The first-order valence-corrected chi connectivity index (χ1v) is 16.2. The van der Waals surface area contributed by atoms with E-state index in [1.165, 1.54) is 11.1 Å². The van der Waals surface area contributed by atoms with E-state index < -0.39 is 17.0 Å². The number of hydrogen-bond acceptors (Lipinski definition) is 7. The van der Waals surface area contributed by atoms with Crippen molar-refractivity contribution in [1.29, 1.82) is 0 Å². The van der Waals surface area contributed by atoms with Crippen molar-refractivity contribution in [2.75, 3.05) is 26.4 Å². The van der Waals surface area contributed by atoms with Gasteiger partial charge >= 0.3 is 0 Å². The van der Waals surface area contributed by atoms with E-state index in [0.717, 1.165) is 76.2 Å². The molecular formula is C35H46O7. The maximum absolute atomic E-state index is 12.3. The van der Waals surface area contributed by atoms with Gasteiger partial charge in [-0.15, -0.1) is 0 Å². The Morgan fingerprint density at radius 2 is 1.81 bits per heavy atom. The topological polar surface area (TPSA) is 94.5 Å². The lowest BCUT2D eigenvalue weighted by Gasteiger charge is -2.57. The molecule has 1 aromatic rings. The fourth-order valence-electron chi connectivity index (χ4n) is 9.68. The van der Waals surface area contributed by atoms with Gasteiger partial charge in [-0.2, -0.15) is 0 Å². The minimum atomic E-state index is -0.943. The van der Waals surface area contributed by atoms with Gasteiger partial charge in [0, 0.05) is 36.3 Å².